The Kier molecular flexibility index (Phi) is 3.68. The second kappa shape index (κ2) is 5.90. The first-order chi connectivity index (χ1) is 14.6. The van der Waals surface area contributed by atoms with E-state index in [-0.39, 0.29) is 35.8 Å². The largest absolute Gasteiger partial charge is 0.294 e. The first kappa shape index (κ1) is 19.3. The molecule has 31 heavy (non-hydrogen) atoms. The van der Waals surface area contributed by atoms with E-state index in [1.165, 1.54) is 6.07 Å². The molecule has 4 aliphatic carbocycles. The monoisotopic (exact) mass is 426 g/mol. The molecule has 0 amide bonds. The molecular formula is C25H25F3N2O. The first-order valence-corrected chi connectivity index (χ1v) is 11.1. The number of hydrogen-bond acceptors (Lipinski definition) is 2. The highest BCUT2D eigenvalue weighted by Gasteiger charge is 2.57. The third kappa shape index (κ3) is 2.53. The number of H-pyrrole nitrogens is 1. The van der Waals surface area contributed by atoms with Crippen molar-refractivity contribution in [2.45, 2.75) is 76.0 Å². The summed E-state index contributed by atoms with van der Waals surface area (Å²) in [6.45, 7) is 4.21. The summed E-state index contributed by atoms with van der Waals surface area (Å²) in [6, 6.07) is 5.08. The minimum Gasteiger partial charge on any atom is -0.294 e. The molecule has 1 aromatic heterocycles. The molecular weight excluding hydrogens is 401 g/mol. The van der Waals surface area contributed by atoms with Crippen molar-refractivity contribution in [1.82, 2.24) is 10.2 Å². The number of aromatic amines is 1. The van der Waals surface area contributed by atoms with Gasteiger partial charge in [0.05, 0.1) is 11.1 Å². The summed E-state index contributed by atoms with van der Waals surface area (Å²) < 4.78 is 42.3. The number of ketones is 1. The van der Waals surface area contributed by atoms with Crippen molar-refractivity contribution in [3.63, 3.8) is 0 Å². The van der Waals surface area contributed by atoms with E-state index in [1.807, 2.05) is 6.07 Å². The highest BCUT2D eigenvalue weighted by Crippen LogP contribution is 2.60. The number of carbonyl (C=O) groups excluding carboxylic acids is 1. The van der Waals surface area contributed by atoms with Crippen molar-refractivity contribution in [2.24, 2.45) is 5.41 Å². The van der Waals surface area contributed by atoms with Gasteiger partial charge in [-0.15, -0.1) is 0 Å². The lowest BCUT2D eigenvalue weighted by atomic mass is 9.57. The summed E-state index contributed by atoms with van der Waals surface area (Å²) in [6.07, 6.45) is 2.50. The van der Waals surface area contributed by atoms with Crippen LogP contribution in [0.15, 0.2) is 29.3 Å². The molecule has 0 radical (unpaired) electrons. The SMILES string of the molecule is CC1(C)CC(=O)C2=C(Cc3[nH]nc(C4CC(F)(F)C4)c3[C@@]23CCc2c(F)cccc23)C1. The van der Waals surface area contributed by atoms with E-state index < -0.39 is 11.3 Å². The van der Waals surface area contributed by atoms with Crippen LogP contribution in [0.2, 0.25) is 0 Å². The van der Waals surface area contributed by atoms with Crippen LogP contribution in [-0.2, 0) is 23.1 Å². The quantitative estimate of drug-likeness (QED) is 0.651. The van der Waals surface area contributed by atoms with Crippen molar-refractivity contribution < 1.29 is 18.0 Å². The van der Waals surface area contributed by atoms with Crippen LogP contribution in [0, 0.1) is 11.2 Å². The predicted octanol–water partition coefficient (Wildman–Crippen LogP) is 5.54. The van der Waals surface area contributed by atoms with Crippen LogP contribution in [0.1, 0.15) is 79.9 Å². The maximum Gasteiger partial charge on any atom is 0.249 e. The third-order valence-corrected chi connectivity index (χ3v) is 7.88. The Hall–Kier alpha value is -2.37. The van der Waals surface area contributed by atoms with E-state index in [9.17, 15) is 18.0 Å². The lowest BCUT2D eigenvalue weighted by molar-refractivity contribution is -0.118. The van der Waals surface area contributed by atoms with E-state index in [0.717, 1.165) is 34.4 Å². The van der Waals surface area contributed by atoms with Crippen LogP contribution < -0.4 is 0 Å². The highest BCUT2D eigenvalue weighted by molar-refractivity contribution is 6.02. The van der Waals surface area contributed by atoms with E-state index >= 15 is 0 Å². The zero-order valence-electron chi connectivity index (χ0n) is 17.7. The molecule has 6 rings (SSSR count). The predicted molar refractivity (Wildman–Crippen MR) is 110 cm³/mol. The summed E-state index contributed by atoms with van der Waals surface area (Å²) in [7, 11) is 0. The molecule has 1 fully saturated rings. The minimum absolute atomic E-state index is 0.111. The number of rotatable bonds is 1. The molecule has 1 heterocycles. The number of aromatic nitrogens is 2. The fourth-order valence-electron chi connectivity index (χ4n) is 6.81. The number of carbonyl (C=O) groups is 1. The van der Waals surface area contributed by atoms with Crippen molar-refractivity contribution in [3.05, 3.63) is 63.2 Å². The molecule has 1 aromatic carbocycles. The maximum atomic E-state index is 14.8. The number of allylic oxidation sites excluding steroid dienone is 2. The first-order valence-electron chi connectivity index (χ1n) is 11.1. The lowest BCUT2D eigenvalue weighted by Gasteiger charge is -2.45. The fourth-order valence-corrected chi connectivity index (χ4v) is 6.81. The van der Waals surface area contributed by atoms with Gasteiger partial charge >= 0.3 is 0 Å². The molecule has 4 aliphatic rings. The van der Waals surface area contributed by atoms with Crippen LogP contribution in [0.3, 0.4) is 0 Å². The Morgan fingerprint density at radius 1 is 1.16 bits per heavy atom. The second-order valence-corrected chi connectivity index (χ2v) is 10.7. The van der Waals surface area contributed by atoms with Crippen LogP contribution >= 0.6 is 0 Å². The van der Waals surface area contributed by atoms with Gasteiger partial charge in [-0.2, -0.15) is 5.10 Å². The Morgan fingerprint density at radius 3 is 2.68 bits per heavy atom. The zero-order chi connectivity index (χ0) is 21.8. The number of alkyl halides is 2. The molecule has 0 aliphatic heterocycles. The van der Waals surface area contributed by atoms with Gasteiger partial charge in [0.25, 0.3) is 0 Å². The molecule has 0 unspecified atom stereocenters. The number of hydrogen-bond donors (Lipinski definition) is 1. The maximum absolute atomic E-state index is 14.8. The van der Waals surface area contributed by atoms with Gasteiger partial charge in [-0.05, 0) is 41.9 Å². The van der Waals surface area contributed by atoms with E-state index in [4.69, 9.17) is 0 Å². The van der Waals surface area contributed by atoms with Gasteiger partial charge in [-0.25, -0.2) is 13.2 Å². The molecule has 2 aromatic rings. The van der Waals surface area contributed by atoms with E-state index in [1.54, 1.807) is 6.07 Å². The van der Waals surface area contributed by atoms with Crippen molar-refractivity contribution in [1.29, 1.82) is 0 Å². The summed E-state index contributed by atoms with van der Waals surface area (Å²) in [4.78, 5) is 13.6. The summed E-state index contributed by atoms with van der Waals surface area (Å²) in [5.41, 5.74) is 4.89. The number of nitrogens with one attached hydrogen (secondary N) is 1. The van der Waals surface area contributed by atoms with Gasteiger partial charge in [0.1, 0.15) is 5.82 Å². The Labute approximate surface area is 179 Å². The molecule has 1 saturated carbocycles. The van der Waals surface area contributed by atoms with Crippen LogP contribution in [-0.4, -0.2) is 21.9 Å². The van der Waals surface area contributed by atoms with Gasteiger partial charge in [-0.3, -0.25) is 9.89 Å². The number of fused-ring (bicyclic) bond motifs is 5. The number of nitrogens with zero attached hydrogens (tertiary/aromatic N) is 1. The summed E-state index contributed by atoms with van der Waals surface area (Å²) >= 11 is 0. The molecule has 162 valence electrons. The molecule has 0 saturated heterocycles. The van der Waals surface area contributed by atoms with Crippen LogP contribution in [0.5, 0.6) is 0 Å². The normalized spacial score (nSPS) is 28.4. The molecule has 0 bridgehead atoms. The molecule has 3 nitrogen and oxygen atoms in total. The smallest absolute Gasteiger partial charge is 0.249 e. The van der Waals surface area contributed by atoms with Crippen molar-refractivity contribution >= 4 is 5.78 Å². The van der Waals surface area contributed by atoms with Gasteiger partial charge < -0.3 is 0 Å². The summed E-state index contributed by atoms with van der Waals surface area (Å²) in [5.74, 6) is -3.14. The standard InChI is InChI=1S/C25H25F3N2O/c1-23(2)9-13-8-18-21(22(30-29-18)14-10-24(27,28)11-14)25(20(13)19(31)12-23)7-6-15-16(25)4-3-5-17(15)26/h3-5,14H,6-12H2,1-2H3,(H,29,30)/t25-/m1/s1. The van der Waals surface area contributed by atoms with Gasteiger partial charge in [0.2, 0.25) is 5.92 Å². The number of benzene rings is 1. The third-order valence-electron chi connectivity index (χ3n) is 7.88. The number of halogens is 3. The van der Waals surface area contributed by atoms with Gasteiger partial charge in [0.15, 0.2) is 5.78 Å². The highest BCUT2D eigenvalue weighted by atomic mass is 19.3. The lowest BCUT2D eigenvalue weighted by Crippen LogP contribution is -2.43. The topological polar surface area (TPSA) is 45.8 Å². The van der Waals surface area contributed by atoms with Crippen molar-refractivity contribution in [2.75, 3.05) is 0 Å². The van der Waals surface area contributed by atoms with Crippen LogP contribution in [0.4, 0.5) is 13.2 Å². The molecule has 1 N–H and O–H groups in total. The van der Waals surface area contributed by atoms with E-state index in [2.05, 4.69) is 24.0 Å². The van der Waals surface area contributed by atoms with E-state index in [0.29, 0.717) is 36.9 Å². The average molecular weight is 426 g/mol. The molecule has 1 spiro atoms. The Bertz CT molecular complexity index is 1170. The van der Waals surface area contributed by atoms with Gasteiger partial charge in [0, 0.05) is 48.4 Å². The number of Topliss-reactive ketones (excluding diaryl/α,β-unsaturated/α-hetero) is 1. The minimum atomic E-state index is -2.66. The van der Waals surface area contributed by atoms with Gasteiger partial charge in [-0.1, -0.05) is 31.6 Å². The zero-order valence-corrected chi connectivity index (χ0v) is 17.7. The Balaban J connectivity index is 1.62. The molecule has 1 atom stereocenters. The molecule has 6 heteroatoms. The second-order valence-electron chi connectivity index (χ2n) is 10.7. The Morgan fingerprint density at radius 2 is 1.94 bits per heavy atom. The van der Waals surface area contributed by atoms with Crippen LogP contribution in [0.25, 0.3) is 0 Å². The summed E-state index contributed by atoms with van der Waals surface area (Å²) in [5, 5.41) is 7.67. The fraction of sp³-hybridized carbons (Fsp3) is 0.520. The average Bonchev–Trinajstić information content (AvgIpc) is 3.22. The van der Waals surface area contributed by atoms with Crippen molar-refractivity contribution in [3.8, 4) is 0 Å².